The normalized spacial score (nSPS) is 11.5. The molecular weight excluding hydrogens is 339 g/mol. The molecule has 3 aromatic rings. The summed E-state index contributed by atoms with van der Waals surface area (Å²) in [7, 11) is 0. The van der Waals surface area contributed by atoms with Crippen LogP contribution in [0.15, 0.2) is 29.6 Å². The Hall–Kier alpha value is -1.69. The third-order valence-corrected chi connectivity index (χ3v) is 4.98. The van der Waals surface area contributed by atoms with Crippen molar-refractivity contribution < 1.29 is 0 Å². The number of halogens is 2. The van der Waals surface area contributed by atoms with Gasteiger partial charge in [-0.3, -0.25) is 5.43 Å². The van der Waals surface area contributed by atoms with Gasteiger partial charge in [0.2, 0.25) is 0 Å². The van der Waals surface area contributed by atoms with E-state index in [2.05, 4.69) is 34.3 Å². The Morgan fingerprint density at radius 2 is 2.05 bits per heavy atom. The Bertz CT molecular complexity index is 873. The molecule has 4 nitrogen and oxygen atoms in total. The lowest BCUT2D eigenvalue weighted by molar-refractivity contribution is 1.19. The maximum Gasteiger partial charge on any atom is 0.158 e. The first-order chi connectivity index (χ1) is 10.6. The van der Waals surface area contributed by atoms with Gasteiger partial charge in [0.15, 0.2) is 5.82 Å². The van der Waals surface area contributed by atoms with Crippen molar-refractivity contribution in [2.75, 3.05) is 5.43 Å². The fourth-order valence-corrected chi connectivity index (χ4v) is 3.49. The van der Waals surface area contributed by atoms with Crippen molar-refractivity contribution >= 4 is 56.8 Å². The summed E-state index contributed by atoms with van der Waals surface area (Å²) in [6.45, 7) is 4.13. The molecule has 0 fully saturated rings. The predicted molar refractivity (Wildman–Crippen MR) is 94.6 cm³/mol. The molecular formula is C15H12Cl2N4S. The number of hydrogen-bond acceptors (Lipinski definition) is 5. The highest BCUT2D eigenvalue weighted by atomic mass is 35.5. The van der Waals surface area contributed by atoms with E-state index in [1.165, 1.54) is 16.8 Å². The van der Waals surface area contributed by atoms with Gasteiger partial charge in [-0.1, -0.05) is 29.3 Å². The lowest BCUT2D eigenvalue weighted by Crippen LogP contribution is -1.95. The van der Waals surface area contributed by atoms with Crippen LogP contribution in [0.3, 0.4) is 0 Å². The molecule has 3 rings (SSSR count). The van der Waals surface area contributed by atoms with Crippen molar-refractivity contribution in [2.45, 2.75) is 13.8 Å². The quantitative estimate of drug-likeness (QED) is 0.530. The van der Waals surface area contributed by atoms with Gasteiger partial charge in [-0.2, -0.15) is 5.10 Å². The minimum Gasteiger partial charge on any atom is -0.261 e. The largest absolute Gasteiger partial charge is 0.261 e. The van der Waals surface area contributed by atoms with Gasteiger partial charge in [0.25, 0.3) is 0 Å². The molecule has 0 aliphatic carbocycles. The average Bonchev–Trinajstić information content (AvgIpc) is 2.77. The van der Waals surface area contributed by atoms with E-state index in [4.69, 9.17) is 23.2 Å². The van der Waals surface area contributed by atoms with Gasteiger partial charge in [-0.05, 0) is 31.5 Å². The van der Waals surface area contributed by atoms with Gasteiger partial charge >= 0.3 is 0 Å². The topological polar surface area (TPSA) is 50.2 Å². The number of hydrogen-bond donors (Lipinski definition) is 1. The number of benzene rings is 1. The van der Waals surface area contributed by atoms with Gasteiger partial charge < -0.3 is 0 Å². The second-order valence-electron chi connectivity index (χ2n) is 4.72. The van der Waals surface area contributed by atoms with Crippen molar-refractivity contribution in [1.29, 1.82) is 0 Å². The highest BCUT2D eigenvalue weighted by Gasteiger charge is 2.11. The Morgan fingerprint density at radius 3 is 2.82 bits per heavy atom. The second-order valence-corrected chi connectivity index (χ2v) is 6.77. The Kier molecular flexibility index (Phi) is 4.29. The van der Waals surface area contributed by atoms with E-state index < -0.39 is 0 Å². The van der Waals surface area contributed by atoms with E-state index in [0.29, 0.717) is 15.9 Å². The van der Waals surface area contributed by atoms with E-state index in [0.717, 1.165) is 15.8 Å². The molecule has 1 N–H and O–H groups in total. The molecule has 0 atom stereocenters. The van der Waals surface area contributed by atoms with Crippen LogP contribution < -0.4 is 5.43 Å². The van der Waals surface area contributed by atoms with Gasteiger partial charge in [0, 0.05) is 15.5 Å². The van der Waals surface area contributed by atoms with Gasteiger partial charge in [0.1, 0.15) is 11.2 Å². The molecule has 7 heteroatoms. The molecule has 0 aliphatic rings. The second kappa shape index (κ2) is 6.20. The number of rotatable bonds is 3. The molecule has 0 aliphatic heterocycles. The van der Waals surface area contributed by atoms with E-state index in [9.17, 15) is 0 Å². The standard InChI is InChI=1S/C15H12Cl2N4S/c1-8-9(2)22-15-13(8)14(18-7-19-15)21-20-6-10-3-4-11(16)5-12(10)17/h3-7H,1-2H3,(H,18,19,21)/b20-6+. The van der Waals surface area contributed by atoms with E-state index in [1.807, 2.05) is 6.07 Å². The first-order valence-corrected chi connectivity index (χ1v) is 8.08. The molecule has 0 saturated carbocycles. The fourth-order valence-electron chi connectivity index (χ4n) is 2.04. The molecule has 0 radical (unpaired) electrons. The van der Waals surface area contributed by atoms with E-state index in [1.54, 1.807) is 29.7 Å². The highest BCUT2D eigenvalue weighted by Crippen LogP contribution is 2.32. The molecule has 0 saturated heterocycles. The van der Waals surface area contributed by atoms with Gasteiger partial charge in [0.05, 0.1) is 16.6 Å². The summed E-state index contributed by atoms with van der Waals surface area (Å²) in [5.41, 5.74) is 4.91. The zero-order chi connectivity index (χ0) is 15.7. The van der Waals surface area contributed by atoms with E-state index >= 15 is 0 Å². The molecule has 2 aromatic heterocycles. The van der Waals surface area contributed by atoms with E-state index in [-0.39, 0.29) is 0 Å². The zero-order valence-electron chi connectivity index (χ0n) is 11.9. The zero-order valence-corrected chi connectivity index (χ0v) is 14.2. The van der Waals surface area contributed by atoms with Crippen LogP contribution in [0.25, 0.3) is 10.2 Å². The molecule has 0 bridgehead atoms. The van der Waals surface area contributed by atoms with Crippen LogP contribution in [0.4, 0.5) is 5.82 Å². The van der Waals surface area contributed by atoms with Crippen molar-refractivity contribution in [1.82, 2.24) is 9.97 Å². The summed E-state index contributed by atoms with van der Waals surface area (Å²) in [5, 5.41) is 6.36. The summed E-state index contributed by atoms with van der Waals surface area (Å²) < 4.78 is 0. The van der Waals surface area contributed by atoms with Crippen LogP contribution in [-0.2, 0) is 0 Å². The lowest BCUT2D eigenvalue weighted by Gasteiger charge is -2.02. The highest BCUT2D eigenvalue weighted by molar-refractivity contribution is 7.18. The first kappa shape index (κ1) is 15.2. The fraction of sp³-hybridized carbons (Fsp3) is 0.133. The summed E-state index contributed by atoms with van der Waals surface area (Å²) in [6.07, 6.45) is 3.17. The van der Waals surface area contributed by atoms with Crippen molar-refractivity contribution in [3.8, 4) is 0 Å². The Morgan fingerprint density at radius 1 is 1.23 bits per heavy atom. The Labute approximate surface area is 141 Å². The minimum absolute atomic E-state index is 0.549. The van der Waals surface area contributed by atoms with Gasteiger partial charge in [-0.15, -0.1) is 11.3 Å². The summed E-state index contributed by atoms with van der Waals surface area (Å²) in [6, 6.07) is 5.26. The van der Waals surface area contributed by atoms with Crippen molar-refractivity contribution in [3.05, 3.63) is 50.6 Å². The average molecular weight is 351 g/mol. The number of nitrogens with one attached hydrogen (secondary N) is 1. The smallest absolute Gasteiger partial charge is 0.158 e. The minimum atomic E-state index is 0.549. The molecule has 112 valence electrons. The molecule has 0 amide bonds. The van der Waals surface area contributed by atoms with Crippen LogP contribution in [0.5, 0.6) is 0 Å². The maximum atomic E-state index is 6.11. The number of hydrazone groups is 1. The van der Waals surface area contributed by atoms with Crippen molar-refractivity contribution in [2.24, 2.45) is 5.10 Å². The number of aryl methyl sites for hydroxylation is 2. The molecule has 2 heterocycles. The lowest BCUT2D eigenvalue weighted by atomic mass is 10.2. The van der Waals surface area contributed by atoms with Crippen LogP contribution in [-0.4, -0.2) is 16.2 Å². The summed E-state index contributed by atoms with van der Waals surface area (Å²) in [4.78, 5) is 10.7. The van der Waals surface area contributed by atoms with Crippen LogP contribution in [0, 0.1) is 13.8 Å². The number of fused-ring (bicyclic) bond motifs is 1. The molecule has 0 spiro atoms. The third-order valence-electron chi connectivity index (χ3n) is 3.30. The van der Waals surface area contributed by atoms with Crippen LogP contribution in [0.1, 0.15) is 16.0 Å². The predicted octanol–water partition coefficient (Wildman–Crippen LogP) is 5.06. The molecule has 22 heavy (non-hydrogen) atoms. The Balaban J connectivity index is 1.89. The first-order valence-electron chi connectivity index (χ1n) is 6.51. The number of aromatic nitrogens is 2. The monoisotopic (exact) mass is 350 g/mol. The number of anilines is 1. The maximum absolute atomic E-state index is 6.11. The van der Waals surface area contributed by atoms with Crippen LogP contribution in [0.2, 0.25) is 10.0 Å². The SMILES string of the molecule is Cc1sc2ncnc(N/N=C/c3ccc(Cl)cc3Cl)c2c1C. The summed E-state index contributed by atoms with van der Waals surface area (Å²) in [5.74, 6) is 0.688. The van der Waals surface area contributed by atoms with Crippen molar-refractivity contribution in [3.63, 3.8) is 0 Å². The summed E-state index contributed by atoms with van der Waals surface area (Å²) >= 11 is 13.6. The molecule has 0 unspecified atom stereocenters. The third kappa shape index (κ3) is 2.92. The molecule has 1 aromatic carbocycles. The van der Waals surface area contributed by atoms with Gasteiger partial charge in [-0.25, -0.2) is 9.97 Å². The number of nitrogens with zero attached hydrogens (tertiary/aromatic N) is 3. The number of thiophene rings is 1. The van der Waals surface area contributed by atoms with Crippen LogP contribution >= 0.6 is 34.5 Å².